The van der Waals surface area contributed by atoms with Gasteiger partial charge in [0.05, 0.1) is 5.69 Å². The number of hydrogen-bond donors (Lipinski definition) is 2. The molecule has 0 aliphatic heterocycles. The molecular formula is C12H14N2O. The quantitative estimate of drug-likeness (QED) is 0.732. The zero-order chi connectivity index (χ0) is 11.0. The number of H-pyrrole nitrogens is 2. The Kier molecular flexibility index (Phi) is 2.23. The average molecular weight is 202 g/mol. The number of aromatic nitrogens is 2. The van der Waals surface area contributed by atoms with Crippen molar-refractivity contribution < 1.29 is 0 Å². The summed E-state index contributed by atoms with van der Waals surface area (Å²) in [5.74, 6) is 0. The summed E-state index contributed by atoms with van der Waals surface area (Å²) in [6.45, 7) is 5.98. The Morgan fingerprint density at radius 3 is 2.40 bits per heavy atom. The molecule has 0 fully saturated rings. The van der Waals surface area contributed by atoms with Crippen molar-refractivity contribution >= 4 is 0 Å². The Labute approximate surface area is 88.2 Å². The van der Waals surface area contributed by atoms with Gasteiger partial charge in [-0.25, -0.2) is 4.79 Å². The SMILES string of the molecule is Cc1ccc(C)c(-c2[nH]c(=O)[nH]c2C)c1. The van der Waals surface area contributed by atoms with Gasteiger partial charge in [-0.15, -0.1) is 0 Å². The molecule has 0 spiro atoms. The lowest BCUT2D eigenvalue weighted by Crippen LogP contribution is -2.00. The van der Waals surface area contributed by atoms with Crippen molar-refractivity contribution in [2.24, 2.45) is 0 Å². The number of aromatic amines is 2. The maximum absolute atomic E-state index is 11.2. The van der Waals surface area contributed by atoms with Crippen LogP contribution in [0.5, 0.6) is 0 Å². The van der Waals surface area contributed by atoms with Crippen LogP contribution in [0.3, 0.4) is 0 Å². The number of benzene rings is 1. The maximum Gasteiger partial charge on any atom is 0.323 e. The second kappa shape index (κ2) is 3.42. The molecule has 2 rings (SSSR count). The van der Waals surface area contributed by atoms with Crippen LogP contribution >= 0.6 is 0 Å². The van der Waals surface area contributed by atoms with E-state index in [2.05, 4.69) is 28.2 Å². The molecule has 0 amide bonds. The molecule has 0 aliphatic carbocycles. The predicted molar refractivity (Wildman–Crippen MR) is 61.1 cm³/mol. The molecule has 0 radical (unpaired) electrons. The molecule has 3 heteroatoms. The number of aryl methyl sites for hydroxylation is 3. The van der Waals surface area contributed by atoms with E-state index < -0.39 is 0 Å². The van der Waals surface area contributed by atoms with Gasteiger partial charge in [0, 0.05) is 11.3 Å². The zero-order valence-corrected chi connectivity index (χ0v) is 9.14. The van der Waals surface area contributed by atoms with Crippen LogP contribution in [-0.2, 0) is 0 Å². The van der Waals surface area contributed by atoms with Gasteiger partial charge >= 0.3 is 5.69 Å². The van der Waals surface area contributed by atoms with Crippen molar-refractivity contribution in [3.05, 3.63) is 45.5 Å². The fraction of sp³-hybridized carbons (Fsp3) is 0.250. The lowest BCUT2D eigenvalue weighted by molar-refractivity contribution is 1.16. The van der Waals surface area contributed by atoms with E-state index in [1.807, 2.05) is 20.8 Å². The van der Waals surface area contributed by atoms with E-state index in [4.69, 9.17) is 0 Å². The van der Waals surface area contributed by atoms with Crippen LogP contribution in [-0.4, -0.2) is 9.97 Å². The summed E-state index contributed by atoms with van der Waals surface area (Å²) >= 11 is 0. The van der Waals surface area contributed by atoms with Crippen LogP contribution in [0.15, 0.2) is 23.0 Å². The van der Waals surface area contributed by atoms with E-state index in [1.165, 1.54) is 11.1 Å². The standard InChI is InChI=1S/C12H14N2O/c1-7-4-5-8(2)10(6-7)11-9(3)13-12(15)14-11/h4-6H,1-3H3,(H2,13,14,15). The van der Waals surface area contributed by atoms with Gasteiger partial charge < -0.3 is 9.97 Å². The highest BCUT2D eigenvalue weighted by atomic mass is 16.1. The van der Waals surface area contributed by atoms with Gasteiger partial charge in [0.1, 0.15) is 0 Å². The number of imidazole rings is 1. The molecule has 0 aliphatic rings. The smallest absolute Gasteiger partial charge is 0.310 e. The molecule has 1 aromatic heterocycles. The summed E-state index contributed by atoms with van der Waals surface area (Å²) < 4.78 is 0. The van der Waals surface area contributed by atoms with Crippen LogP contribution in [0.4, 0.5) is 0 Å². The van der Waals surface area contributed by atoms with E-state index in [1.54, 1.807) is 0 Å². The highest BCUT2D eigenvalue weighted by Crippen LogP contribution is 2.23. The first-order valence-corrected chi connectivity index (χ1v) is 4.94. The summed E-state index contributed by atoms with van der Waals surface area (Å²) in [6.07, 6.45) is 0. The molecule has 2 N–H and O–H groups in total. The highest BCUT2D eigenvalue weighted by Gasteiger charge is 2.08. The third-order valence-corrected chi connectivity index (χ3v) is 2.58. The molecule has 0 unspecified atom stereocenters. The van der Waals surface area contributed by atoms with Crippen molar-refractivity contribution in [1.82, 2.24) is 9.97 Å². The van der Waals surface area contributed by atoms with Gasteiger partial charge in [-0.05, 0) is 32.4 Å². The first-order valence-electron chi connectivity index (χ1n) is 4.94. The van der Waals surface area contributed by atoms with Crippen molar-refractivity contribution in [2.75, 3.05) is 0 Å². The largest absolute Gasteiger partial charge is 0.323 e. The molecule has 78 valence electrons. The minimum Gasteiger partial charge on any atom is -0.310 e. The van der Waals surface area contributed by atoms with Crippen molar-refractivity contribution in [3.8, 4) is 11.3 Å². The fourth-order valence-electron chi connectivity index (χ4n) is 1.75. The lowest BCUT2D eigenvalue weighted by Gasteiger charge is -2.05. The van der Waals surface area contributed by atoms with Gasteiger partial charge in [-0.1, -0.05) is 17.7 Å². The first-order chi connectivity index (χ1) is 7.08. The maximum atomic E-state index is 11.2. The summed E-state index contributed by atoms with van der Waals surface area (Å²) in [6, 6.07) is 6.22. The number of rotatable bonds is 1. The number of nitrogens with one attached hydrogen (secondary N) is 2. The molecule has 1 heterocycles. The third kappa shape index (κ3) is 1.73. The van der Waals surface area contributed by atoms with Gasteiger partial charge in [0.2, 0.25) is 0 Å². The van der Waals surface area contributed by atoms with Crippen LogP contribution in [0, 0.1) is 20.8 Å². The van der Waals surface area contributed by atoms with E-state index in [0.29, 0.717) is 0 Å². The summed E-state index contributed by atoms with van der Waals surface area (Å²) in [5.41, 5.74) is 5.07. The average Bonchev–Trinajstić information content (AvgIpc) is 2.50. The van der Waals surface area contributed by atoms with Gasteiger partial charge in [0.15, 0.2) is 0 Å². The van der Waals surface area contributed by atoms with E-state index in [9.17, 15) is 4.79 Å². The molecule has 1 aromatic carbocycles. The fourth-order valence-corrected chi connectivity index (χ4v) is 1.75. The van der Waals surface area contributed by atoms with Gasteiger partial charge in [0.25, 0.3) is 0 Å². The molecule has 0 bridgehead atoms. The Morgan fingerprint density at radius 1 is 1.07 bits per heavy atom. The molecule has 3 nitrogen and oxygen atoms in total. The summed E-state index contributed by atoms with van der Waals surface area (Å²) in [4.78, 5) is 16.7. The second-order valence-electron chi connectivity index (χ2n) is 3.90. The Hall–Kier alpha value is -1.77. The van der Waals surface area contributed by atoms with Crippen LogP contribution in [0.25, 0.3) is 11.3 Å². The third-order valence-electron chi connectivity index (χ3n) is 2.58. The molecule has 0 atom stereocenters. The Morgan fingerprint density at radius 2 is 1.80 bits per heavy atom. The number of hydrogen-bond acceptors (Lipinski definition) is 1. The lowest BCUT2D eigenvalue weighted by atomic mass is 10.0. The highest BCUT2D eigenvalue weighted by molar-refractivity contribution is 5.66. The Bertz CT molecular complexity index is 549. The topological polar surface area (TPSA) is 48.6 Å². The molecule has 15 heavy (non-hydrogen) atoms. The Balaban J connectivity index is 2.68. The minimum absolute atomic E-state index is 0.150. The molecular weight excluding hydrogens is 188 g/mol. The normalized spacial score (nSPS) is 10.6. The van der Waals surface area contributed by atoms with E-state index >= 15 is 0 Å². The van der Waals surface area contributed by atoms with E-state index in [0.717, 1.165) is 17.0 Å². The molecule has 0 saturated carbocycles. The van der Waals surface area contributed by atoms with Crippen molar-refractivity contribution in [1.29, 1.82) is 0 Å². The summed E-state index contributed by atoms with van der Waals surface area (Å²) in [7, 11) is 0. The van der Waals surface area contributed by atoms with Crippen molar-refractivity contribution in [2.45, 2.75) is 20.8 Å². The van der Waals surface area contributed by atoms with E-state index in [-0.39, 0.29) is 5.69 Å². The van der Waals surface area contributed by atoms with Gasteiger partial charge in [-0.3, -0.25) is 0 Å². The zero-order valence-electron chi connectivity index (χ0n) is 9.14. The molecule has 2 aromatic rings. The van der Waals surface area contributed by atoms with Crippen LogP contribution < -0.4 is 5.69 Å². The minimum atomic E-state index is -0.150. The first kappa shape index (κ1) is 9.77. The monoisotopic (exact) mass is 202 g/mol. The van der Waals surface area contributed by atoms with Gasteiger partial charge in [-0.2, -0.15) is 0 Å². The van der Waals surface area contributed by atoms with Crippen LogP contribution in [0.1, 0.15) is 16.8 Å². The summed E-state index contributed by atoms with van der Waals surface area (Å²) in [5, 5.41) is 0. The van der Waals surface area contributed by atoms with Crippen LogP contribution in [0.2, 0.25) is 0 Å². The second-order valence-corrected chi connectivity index (χ2v) is 3.90. The molecule has 0 saturated heterocycles. The van der Waals surface area contributed by atoms with Crippen molar-refractivity contribution in [3.63, 3.8) is 0 Å². The predicted octanol–water partition coefficient (Wildman–Crippen LogP) is 2.30.